The van der Waals surface area contributed by atoms with E-state index in [4.69, 9.17) is 26.1 Å². The Morgan fingerprint density at radius 1 is 0.792 bits per heavy atom. The highest BCUT2D eigenvalue weighted by atomic mass is 35.5. The molecule has 0 aliphatic heterocycles. The number of nitrogens with zero attached hydrogens (tertiary/aromatic N) is 1. The van der Waals surface area contributed by atoms with Crippen LogP contribution in [0.4, 0.5) is 0 Å². The Balaban J connectivity index is 1.98. The van der Waals surface area contributed by atoms with Crippen LogP contribution in [0.25, 0.3) is 21.8 Å². The molecule has 0 bridgehead atoms. The van der Waals surface area contributed by atoms with Crippen molar-refractivity contribution in [3.05, 3.63) is 71.8 Å². The zero-order chi connectivity index (χ0) is 16.5. The average molecular weight is 336 g/mol. The first-order valence-electron chi connectivity index (χ1n) is 7.54. The van der Waals surface area contributed by atoms with Crippen LogP contribution < -0.4 is 9.47 Å². The third kappa shape index (κ3) is 2.63. The molecule has 118 valence electrons. The van der Waals surface area contributed by atoms with Crippen LogP contribution in [0.5, 0.6) is 17.2 Å². The highest BCUT2D eigenvalue weighted by molar-refractivity contribution is 6.30. The third-order valence-corrected chi connectivity index (χ3v) is 4.12. The maximum absolute atomic E-state index is 6.21. The van der Waals surface area contributed by atoms with Gasteiger partial charge in [0.25, 0.3) is 0 Å². The second kappa shape index (κ2) is 6.02. The summed E-state index contributed by atoms with van der Waals surface area (Å²) in [6, 6.07) is 21.0. The molecule has 4 heteroatoms. The van der Waals surface area contributed by atoms with E-state index in [1.165, 1.54) is 0 Å². The van der Waals surface area contributed by atoms with Crippen molar-refractivity contribution >= 4 is 33.4 Å². The van der Waals surface area contributed by atoms with Gasteiger partial charge in [-0.3, -0.25) is 0 Å². The van der Waals surface area contributed by atoms with E-state index >= 15 is 0 Å². The van der Waals surface area contributed by atoms with Crippen molar-refractivity contribution in [1.82, 2.24) is 4.98 Å². The summed E-state index contributed by atoms with van der Waals surface area (Å²) in [5.74, 6) is 2.25. The fraction of sp³-hybridized carbons (Fsp3) is 0.0500. The highest BCUT2D eigenvalue weighted by Gasteiger charge is 2.12. The SMILES string of the molecule is COc1ccc2nc3ccccc3c(Oc3ccc(Cl)cc3)c2c1. The number of hydrogen-bond acceptors (Lipinski definition) is 3. The number of rotatable bonds is 3. The molecular formula is C20H14ClNO2. The summed E-state index contributed by atoms with van der Waals surface area (Å²) >= 11 is 5.96. The van der Waals surface area contributed by atoms with Crippen molar-refractivity contribution in [3.63, 3.8) is 0 Å². The molecule has 0 spiro atoms. The van der Waals surface area contributed by atoms with Crippen LogP contribution in [-0.4, -0.2) is 12.1 Å². The Labute approximate surface area is 144 Å². The first-order valence-corrected chi connectivity index (χ1v) is 7.92. The van der Waals surface area contributed by atoms with E-state index in [1.807, 2.05) is 66.7 Å². The largest absolute Gasteiger partial charge is 0.497 e. The van der Waals surface area contributed by atoms with Gasteiger partial charge >= 0.3 is 0 Å². The number of fused-ring (bicyclic) bond motifs is 2. The summed E-state index contributed by atoms with van der Waals surface area (Å²) in [5, 5.41) is 2.53. The molecule has 0 radical (unpaired) electrons. The second-order valence-corrected chi connectivity index (χ2v) is 5.83. The molecule has 0 fully saturated rings. The predicted octanol–water partition coefficient (Wildman–Crippen LogP) is 5.84. The van der Waals surface area contributed by atoms with Gasteiger partial charge in [0, 0.05) is 15.8 Å². The Bertz CT molecular complexity index is 1030. The average Bonchev–Trinajstić information content (AvgIpc) is 2.63. The molecule has 0 N–H and O–H groups in total. The summed E-state index contributed by atoms with van der Waals surface area (Å²) in [5.41, 5.74) is 1.75. The topological polar surface area (TPSA) is 31.4 Å². The predicted molar refractivity (Wildman–Crippen MR) is 97.3 cm³/mol. The van der Waals surface area contributed by atoms with Gasteiger partial charge in [-0.15, -0.1) is 0 Å². The molecule has 0 saturated carbocycles. The van der Waals surface area contributed by atoms with E-state index < -0.39 is 0 Å². The summed E-state index contributed by atoms with van der Waals surface area (Å²) in [7, 11) is 1.65. The fourth-order valence-electron chi connectivity index (χ4n) is 2.69. The van der Waals surface area contributed by atoms with Crippen LogP contribution in [0.1, 0.15) is 0 Å². The molecule has 0 amide bonds. The van der Waals surface area contributed by atoms with Crippen molar-refractivity contribution in [2.24, 2.45) is 0 Å². The zero-order valence-electron chi connectivity index (χ0n) is 13.0. The zero-order valence-corrected chi connectivity index (χ0v) is 13.7. The lowest BCUT2D eigenvalue weighted by Gasteiger charge is -2.13. The molecule has 4 rings (SSSR count). The number of hydrogen-bond donors (Lipinski definition) is 0. The molecule has 4 aromatic rings. The third-order valence-electron chi connectivity index (χ3n) is 3.87. The highest BCUT2D eigenvalue weighted by Crippen LogP contribution is 2.37. The van der Waals surface area contributed by atoms with Crippen LogP contribution in [0.15, 0.2) is 66.7 Å². The number of methoxy groups -OCH3 is 1. The number of aromatic nitrogens is 1. The van der Waals surface area contributed by atoms with Crippen LogP contribution >= 0.6 is 11.6 Å². The number of ether oxygens (including phenoxy) is 2. The van der Waals surface area contributed by atoms with Gasteiger partial charge in [0.05, 0.1) is 18.1 Å². The standard InChI is InChI=1S/C20H14ClNO2/c1-23-15-10-11-19-17(12-15)20(16-4-2-3-5-18(16)22-19)24-14-8-6-13(21)7-9-14/h2-12H,1H3. The monoisotopic (exact) mass is 335 g/mol. The summed E-state index contributed by atoms with van der Waals surface area (Å²) in [4.78, 5) is 4.71. The molecular weight excluding hydrogens is 322 g/mol. The lowest BCUT2D eigenvalue weighted by atomic mass is 10.1. The van der Waals surface area contributed by atoms with Crippen molar-refractivity contribution < 1.29 is 9.47 Å². The Hall–Kier alpha value is -2.78. The van der Waals surface area contributed by atoms with Crippen LogP contribution in [0.2, 0.25) is 5.02 Å². The minimum Gasteiger partial charge on any atom is -0.497 e. The molecule has 0 saturated heterocycles. The maximum Gasteiger partial charge on any atom is 0.146 e. The van der Waals surface area contributed by atoms with Gasteiger partial charge in [-0.05, 0) is 54.6 Å². The molecule has 24 heavy (non-hydrogen) atoms. The minimum absolute atomic E-state index is 0.675. The maximum atomic E-state index is 6.21. The Kier molecular flexibility index (Phi) is 3.71. The van der Waals surface area contributed by atoms with E-state index in [2.05, 4.69) is 0 Å². The lowest BCUT2D eigenvalue weighted by Crippen LogP contribution is -1.92. The van der Waals surface area contributed by atoms with Gasteiger partial charge < -0.3 is 9.47 Å². The summed E-state index contributed by atoms with van der Waals surface area (Å²) in [6.45, 7) is 0. The number of halogens is 1. The van der Waals surface area contributed by atoms with E-state index in [-0.39, 0.29) is 0 Å². The normalized spacial score (nSPS) is 10.9. The molecule has 0 aliphatic carbocycles. The van der Waals surface area contributed by atoms with Crippen molar-refractivity contribution in [3.8, 4) is 17.2 Å². The van der Waals surface area contributed by atoms with E-state index in [0.29, 0.717) is 5.02 Å². The van der Waals surface area contributed by atoms with Gasteiger partial charge in [0.2, 0.25) is 0 Å². The van der Waals surface area contributed by atoms with E-state index in [9.17, 15) is 0 Å². The van der Waals surface area contributed by atoms with Crippen LogP contribution in [-0.2, 0) is 0 Å². The molecule has 0 unspecified atom stereocenters. The Morgan fingerprint density at radius 2 is 1.50 bits per heavy atom. The van der Waals surface area contributed by atoms with E-state index in [0.717, 1.165) is 39.1 Å². The number of pyridine rings is 1. The van der Waals surface area contributed by atoms with Gasteiger partial charge in [0.15, 0.2) is 0 Å². The van der Waals surface area contributed by atoms with Crippen molar-refractivity contribution in [2.75, 3.05) is 7.11 Å². The quantitative estimate of drug-likeness (QED) is 0.440. The summed E-state index contributed by atoms with van der Waals surface area (Å²) in [6.07, 6.45) is 0. The van der Waals surface area contributed by atoms with Gasteiger partial charge in [-0.2, -0.15) is 0 Å². The van der Waals surface area contributed by atoms with E-state index in [1.54, 1.807) is 7.11 Å². The molecule has 0 aliphatic rings. The van der Waals surface area contributed by atoms with Crippen molar-refractivity contribution in [1.29, 1.82) is 0 Å². The number of benzene rings is 3. The Morgan fingerprint density at radius 3 is 2.29 bits per heavy atom. The number of para-hydroxylation sites is 1. The molecule has 3 nitrogen and oxygen atoms in total. The smallest absolute Gasteiger partial charge is 0.146 e. The van der Waals surface area contributed by atoms with Gasteiger partial charge in [0.1, 0.15) is 17.2 Å². The van der Waals surface area contributed by atoms with Crippen LogP contribution in [0, 0.1) is 0 Å². The van der Waals surface area contributed by atoms with Crippen LogP contribution in [0.3, 0.4) is 0 Å². The molecule has 1 heterocycles. The van der Waals surface area contributed by atoms with Crippen molar-refractivity contribution in [2.45, 2.75) is 0 Å². The first kappa shape index (κ1) is 14.8. The fourth-order valence-corrected chi connectivity index (χ4v) is 2.82. The lowest BCUT2D eigenvalue weighted by molar-refractivity contribution is 0.415. The van der Waals surface area contributed by atoms with Gasteiger partial charge in [-0.1, -0.05) is 23.7 Å². The minimum atomic E-state index is 0.675. The molecule has 3 aromatic carbocycles. The van der Waals surface area contributed by atoms with Gasteiger partial charge in [-0.25, -0.2) is 4.98 Å². The second-order valence-electron chi connectivity index (χ2n) is 5.40. The summed E-state index contributed by atoms with van der Waals surface area (Å²) < 4.78 is 11.6. The molecule has 1 aromatic heterocycles. The molecule has 0 atom stereocenters. The first-order chi connectivity index (χ1) is 11.7.